The largest absolute Gasteiger partial charge is 0.497 e. The molecule has 2 fully saturated rings. The van der Waals surface area contributed by atoms with Gasteiger partial charge in [0.2, 0.25) is 5.91 Å². The van der Waals surface area contributed by atoms with Crippen molar-refractivity contribution >= 4 is 11.9 Å². The van der Waals surface area contributed by atoms with Crippen LogP contribution in [0.25, 0.3) is 0 Å². The van der Waals surface area contributed by atoms with Crippen LogP contribution in [0, 0.1) is 11.8 Å². The number of fused-ring (bicyclic) bond motifs is 1. The predicted octanol–water partition coefficient (Wildman–Crippen LogP) is 5.17. The molecule has 0 aromatic heterocycles. The average molecular weight is 578 g/mol. The average Bonchev–Trinajstić information content (AvgIpc) is 3.40. The van der Waals surface area contributed by atoms with E-state index in [9.17, 15) is 14.7 Å². The number of hydrogen-bond donors (Lipinski definition) is 1. The molecule has 8 heteroatoms. The van der Waals surface area contributed by atoms with Gasteiger partial charge in [0.25, 0.3) is 0 Å². The summed E-state index contributed by atoms with van der Waals surface area (Å²) in [5.41, 5.74) is -2.33. The molecule has 0 bridgehead atoms. The Kier molecular flexibility index (Phi) is 8.52. The number of ether oxygens (including phenoxy) is 4. The fraction of sp³-hybridized carbons (Fsp3) is 0.529. The van der Waals surface area contributed by atoms with Gasteiger partial charge in [0.05, 0.1) is 25.7 Å². The number of rotatable bonds is 9. The first-order chi connectivity index (χ1) is 20.0. The summed E-state index contributed by atoms with van der Waals surface area (Å²) < 4.78 is 24.2. The summed E-state index contributed by atoms with van der Waals surface area (Å²) >= 11 is 0. The molecule has 0 unspecified atom stereocenters. The molecule has 2 aromatic carbocycles. The molecule has 0 saturated carbocycles. The maximum absolute atomic E-state index is 14.6. The third kappa shape index (κ3) is 5.48. The lowest BCUT2D eigenvalue weighted by Crippen LogP contribution is -2.72. The lowest BCUT2D eigenvalue weighted by atomic mass is 9.68. The van der Waals surface area contributed by atoms with Crippen molar-refractivity contribution in [1.82, 2.24) is 4.90 Å². The van der Waals surface area contributed by atoms with E-state index in [0.29, 0.717) is 18.8 Å². The number of aliphatic hydroxyl groups excluding tert-OH is 1. The van der Waals surface area contributed by atoms with Gasteiger partial charge in [0, 0.05) is 18.9 Å². The lowest BCUT2D eigenvalue weighted by Gasteiger charge is -2.50. The Morgan fingerprint density at radius 3 is 2.45 bits per heavy atom. The molecule has 2 aliphatic heterocycles. The first-order valence-electron chi connectivity index (χ1n) is 14.9. The third-order valence-corrected chi connectivity index (χ3v) is 8.83. The summed E-state index contributed by atoms with van der Waals surface area (Å²) in [6, 6.07) is 17.1. The zero-order chi connectivity index (χ0) is 30.1. The van der Waals surface area contributed by atoms with Gasteiger partial charge in [-0.3, -0.25) is 4.79 Å². The van der Waals surface area contributed by atoms with Crippen LogP contribution in [0.4, 0.5) is 0 Å². The van der Waals surface area contributed by atoms with Gasteiger partial charge in [-0.2, -0.15) is 0 Å². The van der Waals surface area contributed by atoms with Crippen molar-refractivity contribution in [2.75, 3.05) is 7.11 Å². The van der Waals surface area contributed by atoms with Crippen LogP contribution in [0.1, 0.15) is 64.5 Å². The van der Waals surface area contributed by atoms with Crippen molar-refractivity contribution in [2.24, 2.45) is 11.8 Å². The van der Waals surface area contributed by atoms with Crippen LogP contribution in [-0.4, -0.2) is 58.1 Å². The Bertz CT molecular complexity index is 1290. The van der Waals surface area contributed by atoms with Gasteiger partial charge in [0.1, 0.15) is 17.0 Å². The van der Waals surface area contributed by atoms with Gasteiger partial charge in [-0.1, -0.05) is 54.6 Å². The molecule has 5 rings (SSSR count). The summed E-state index contributed by atoms with van der Waals surface area (Å²) in [5, 5.41) is 12.4. The molecule has 1 aliphatic carbocycles. The number of amides is 1. The summed E-state index contributed by atoms with van der Waals surface area (Å²) in [5.74, 6) is -1.32. The van der Waals surface area contributed by atoms with E-state index < -0.39 is 41.0 Å². The highest BCUT2D eigenvalue weighted by atomic mass is 16.7. The van der Waals surface area contributed by atoms with Crippen LogP contribution < -0.4 is 4.74 Å². The van der Waals surface area contributed by atoms with Crippen molar-refractivity contribution in [3.63, 3.8) is 0 Å². The fourth-order valence-electron chi connectivity index (χ4n) is 6.78. The van der Waals surface area contributed by atoms with Crippen molar-refractivity contribution in [3.05, 3.63) is 77.9 Å². The normalized spacial score (nSPS) is 29.8. The molecular weight excluding hydrogens is 534 g/mol. The highest BCUT2D eigenvalue weighted by molar-refractivity contribution is 5.97. The highest BCUT2D eigenvalue weighted by Gasteiger charge is 2.78. The van der Waals surface area contributed by atoms with Crippen LogP contribution in [0.5, 0.6) is 5.75 Å². The molecule has 6 atom stereocenters. The van der Waals surface area contributed by atoms with Gasteiger partial charge < -0.3 is 29.0 Å². The van der Waals surface area contributed by atoms with E-state index in [1.165, 1.54) is 4.90 Å². The molecule has 2 saturated heterocycles. The highest BCUT2D eigenvalue weighted by Crippen LogP contribution is 2.57. The first kappa shape index (κ1) is 30.3. The molecular formula is C34H43NO7. The summed E-state index contributed by atoms with van der Waals surface area (Å²) in [7, 11) is 1.59. The van der Waals surface area contributed by atoms with Crippen LogP contribution in [-0.2, 0) is 37.0 Å². The summed E-state index contributed by atoms with van der Waals surface area (Å²) in [4.78, 5) is 30.6. The lowest BCUT2D eigenvalue weighted by molar-refractivity contribution is -0.234. The minimum absolute atomic E-state index is 0.0978. The Morgan fingerprint density at radius 1 is 1.12 bits per heavy atom. The topological polar surface area (TPSA) is 94.5 Å². The minimum Gasteiger partial charge on any atom is -0.497 e. The number of carbonyl (C=O) groups excluding carboxylic acids is 2. The second-order valence-electron chi connectivity index (χ2n) is 12.7. The molecule has 2 heterocycles. The Labute approximate surface area is 248 Å². The third-order valence-electron chi connectivity index (χ3n) is 8.83. The molecule has 0 spiro atoms. The zero-order valence-corrected chi connectivity index (χ0v) is 25.2. The second kappa shape index (κ2) is 11.8. The van der Waals surface area contributed by atoms with Gasteiger partial charge in [0.15, 0.2) is 11.8 Å². The molecule has 8 nitrogen and oxygen atoms in total. The number of carbonyl (C=O) groups is 2. The van der Waals surface area contributed by atoms with Crippen LogP contribution in [0.2, 0.25) is 0 Å². The maximum Gasteiger partial charge on any atom is 0.338 e. The molecule has 2 aromatic rings. The number of nitrogens with zero attached hydrogens (tertiary/aromatic N) is 1. The fourth-order valence-corrected chi connectivity index (χ4v) is 6.78. The second-order valence-corrected chi connectivity index (χ2v) is 12.7. The van der Waals surface area contributed by atoms with Crippen LogP contribution in [0.15, 0.2) is 66.7 Å². The van der Waals surface area contributed by atoms with Crippen molar-refractivity contribution in [2.45, 2.75) is 95.7 Å². The summed E-state index contributed by atoms with van der Waals surface area (Å²) in [6.07, 6.45) is 4.72. The van der Waals surface area contributed by atoms with Crippen LogP contribution in [0.3, 0.4) is 0 Å². The standard InChI is InChI=1S/C34H43NO7/c1-32(2,3)42-31(38)34(29(36)25-14-10-7-11-15-25)33(4)27(20-28(41-33)40-22-24-12-8-6-9-13-24)30(37)35(34)21-23-16-18-26(39-5)19-17-23/h6,8-10,12-14,16-19,25,27-29,36H,7,11,15,20-22H2,1-5H3/t25-,27+,28-,29+,33+,34+/m1/s1. The van der Waals surface area contributed by atoms with Crippen molar-refractivity contribution in [3.8, 4) is 5.75 Å². The molecule has 1 N–H and O–H groups in total. The number of hydrogen-bond acceptors (Lipinski definition) is 7. The zero-order valence-electron chi connectivity index (χ0n) is 25.2. The quantitative estimate of drug-likeness (QED) is 0.325. The Hall–Kier alpha value is -3.20. The van der Waals surface area contributed by atoms with Gasteiger partial charge in [-0.05, 0) is 70.2 Å². The van der Waals surface area contributed by atoms with Gasteiger partial charge in [-0.15, -0.1) is 0 Å². The van der Waals surface area contributed by atoms with E-state index >= 15 is 0 Å². The molecule has 3 aliphatic rings. The SMILES string of the molecule is COc1ccc(CN2C(=O)[C@@H]3C[C@H](OCc4ccccc4)O[C@]3(C)[C@@]2(C(=O)OC(C)(C)C)[C@@H](O)[C@@H]2C=CCCC2)cc1. The number of methoxy groups -OCH3 is 1. The summed E-state index contributed by atoms with van der Waals surface area (Å²) in [6.45, 7) is 7.53. The van der Waals surface area contributed by atoms with E-state index in [4.69, 9.17) is 18.9 Å². The van der Waals surface area contributed by atoms with E-state index in [1.54, 1.807) is 34.8 Å². The molecule has 1 amide bonds. The number of esters is 1. The smallest absolute Gasteiger partial charge is 0.338 e. The van der Waals surface area contributed by atoms with Crippen molar-refractivity contribution < 1.29 is 33.6 Å². The molecule has 42 heavy (non-hydrogen) atoms. The molecule has 0 radical (unpaired) electrons. The van der Waals surface area contributed by atoms with Crippen LogP contribution >= 0.6 is 0 Å². The Morgan fingerprint density at radius 2 is 1.83 bits per heavy atom. The van der Waals surface area contributed by atoms with E-state index in [-0.39, 0.29) is 24.8 Å². The van der Waals surface area contributed by atoms with Gasteiger partial charge in [-0.25, -0.2) is 4.79 Å². The number of benzene rings is 2. The predicted molar refractivity (Wildman–Crippen MR) is 157 cm³/mol. The number of allylic oxidation sites excluding steroid dienone is 1. The van der Waals surface area contributed by atoms with E-state index in [1.807, 2.05) is 66.7 Å². The Balaban J connectivity index is 1.58. The first-order valence-corrected chi connectivity index (χ1v) is 14.9. The number of likely N-dealkylation sites (tertiary alicyclic amines) is 1. The van der Waals surface area contributed by atoms with Crippen molar-refractivity contribution in [1.29, 1.82) is 0 Å². The van der Waals surface area contributed by atoms with Gasteiger partial charge >= 0.3 is 5.97 Å². The minimum atomic E-state index is -1.82. The number of aliphatic hydroxyl groups is 1. The molecule has 226 valence electrons. The van der Waals surface area contributed by atoms with E-state index in [2.05, 4.69) is 0 Å². The van der Waals surface area contributed by atoms with E-state index in [0.717, 1.165) is 24.0 Å². The maximum atomic E-state index is 14.6. The monoisotopic (exact) mass is 577 g/mol.